The van der Waals surface area contributed by atoms with Crippen molar-refractivity contribution in [1.29, 1.82) is 0 Å². The molecule has 0 aliphatic heterocycles. The molecule has 0 spiro atoms. The molecular weight excluding hydrogens is 512 g/mol. The van der Waals surface area contributed by atoms with E-state index in [-0.39, 0.29) is 0 Å². The van der Waals surface area contributed by atoms with Gasteiger partial charge in [-0.05, 0) is 61.0 Å². The van der Waals surface area contributed by atoms with Crippen molar-refractivity contribution in [2.75, 3.05) is 0 Å². The highest BCUT2D eigenvalue weighted by molar-refractivity contribution is 7.25. The molecule has 4 heterocycles. The van der Waals surface area contributed by atoms with Crippen molar-refractivity contribution in [2.45, 2.75) is 6.92 Å². The van der Waals surface area contributed by atoms with E-state index in [1.54, 1.807) is 29.9 Å². The van der Waals surface area contributed by atoms with E-state index in [9.17, 15) is 0 Å². The van der Waals surface area contributed by atoms with Gasteiger partial charge in [-0.1, -0.05) is 48.5 Å². The van der Waals surface area contributed by atoms with E-state index < -0.39 is 0 Å². The lowest BCUT2D eigenvalue weighted by Gasteiger charge is -2.12. The molecule has 7 heteroatoms. The number of thiophene rings is 1. The number of benzene rings is 3. The van der Waals surface area contributed by atoms with Crippen molar-refractivity contribution >= 4 is 65.5 Å². The fourth-order valence-corrected chi connectivity index (χ4v) is 6.07. The Balaban J connectivity index is 1.52. The Morgan fingerprint density at radius 2 is 1.57 bits per heavy atom. The minimum atomic E-state index is 0.511. The summed E-state index contributed by atoms with van der Waals surface area (Å²) in [4.78, 5) is 27.8. The van der Waals surface area contributed by atoms with Crippen LogP contribution < -0.4 is 0 Å². The van der Waals surface area contributed by atoms with E-state index in [0.717, 1.165) is 32.8 Å². The zero-order valence-electron chi connectivity index (χ0n) is 21.6. The van der Waals surface area contributed by atoms with Gasteiger partial charge in [-0.25, -0.2) is 19.9 Å². The minimum absolute atomic E-state index is 0.511. The Bertz CT molecular complexity index is 2140. The lowest BCUT2D eigenvalue weighted by Crippen LogP contribution is -2.03. The standard InChI is InChI=1S/C33H22N6S/c1-20(9-7-15-34-2)31-37-32(21-10-8-16-35-19-21)39-33(38-31)30-24-13-4-3-11-22(24)25-17-26-23-12-5-6-14-28(23)40-29(26)18-27(25)36-30/h3-19H,2H2,1H3/b15-7-,20-9+. The predicted octanol–water partition coefficient (Wildman–Crippen LogP) is 8.29. The van der Waals surface area contributed by atoms with Gasteiger partial charge >= 0.3 is 0 Å². The number of allylic oxidation sites excluding steroid dienone is 3. The molecule has 4 aromatic heterocycles. The third kappa shape index (κ3) is 4.13. The number of hydrogen-bond donors (Lipinski definition) is 0. The summed E-state index contributed by atoms with van der Waals surface area (Å²) in [6.45, 7) is 5.46. The van der Waals surface area contributed by atoms with Crippen LogP contribution in [0.4, 0.5) is 0 Å². The van der Waals surface area contributed by atoms with Gasteiger partial charge in [-0.2, -0.15) is 0 Å². The first-order valence-electron chi connectivity index (χ1n) is 12.8. The molecule has 7 rings (SSSR count). The van der Waals surface area contributed by atoms with E-state index >= 15 is 0 Å². The van der Waals surface area contributed by atoms with Crippen LogP contribution in [0.5, 0.6) is 0 Å². The number of rotatable bonds is 5. The van der Waals surface area contributed by atoms with Gasteiger partial charge < -0.3 is 0 Å². The predicted molar refractivity (Wildman–Crippen MR) is 167 cm³/mol. The Morgan fingerprint density at radius 1 is 0.775 bits per heavy atom. The average Bonchev–Trinajstić information content (AvgIpc) is 3.37. The van der Waals surface area contributed by atoms with E-state index in [1.165, 1.54) is 20.2 Å². The Labute approximate surface area is 234 Å². The van der Waals surface area contributed by atoms with Crippen molar-refractivity contribution in [3.63, 3.8) is 0 Å². The topological polar surface area (TPSA) is 76.8 Å². The van der Waals surface area contributed by atoms with Crippen LogP contribution in [0.3, 0.4) is 0 Å². The zero-order valence-corrected chi connectivity index (χ0v) is 22.4. The van der Waals surface area contributed by atoms with Crippen molar-refractivity contribution < 1.29 is 0 Å². The molecule has 0 amide bonds. The summed E-state index contributed by atoms with van der Waals surface area (Å²) in [7, 11) is 0. The number of fused-ring (bicyclic) bond motifs is 6. The zero-order chi connectivity index (χ0) is 27.1. The third-order valence-corrected chi connectivity index (χ3v) is 7.99. The van der Waals surface area contributed by atoms with Crippen molar-refractivity contribution in [2.24, 2.45) is 4.99 Å². The van der Waals surface area contributed by atoms with Gasteiger partial charge in [0.25, 0.3) is 0 Å². The number of aliphatic imine (C=N–C) groups is 1. The molecule has 7 aromatic rings. The maximum Gasteiger partial charge on any atom is 0.183 e. The van der Waals surface area contributed by atoms with Gasteiger partial charge in [0, 0.05) is 55.1 Å². The molecule has 0 saturated carbocycles. The summed E-state index contributed by atoms with van der Waals surface area (Å²) in [5.41, 5.74) is 3.30. The lowest BCUT2D eigenvalue weighted by atomic mass is 10.0. The van der Waals surface area contributed by atoms with Crippen molar-refractivity contribution in [1.82, 2.24) is 24.9 Å². The second-order valence-corrected chi connectivity index (χ2v) is 10.5. The van der Waals surface area contributed by atoms with Gasteiger partial charge in [-0.15, -0.1) is 11.3 Å². The summed E-state index contributed by atoms with van der Waals surface area (Å²) in [5.74, 6) is 1.61. The maximum absolute atomic E-state index is 5.19. The fraction of sp³-hybridized carbons (Fsp3) is 0.0303. The summed E-state index contributed by atoms with van der Waals surface area (Å²) >= 11 is 1.78. The van der Waals surface area contributed by atoms with Crippen LogP contribution >= 0.6 is 11.3 Å². The summed E-state index contributed by atoms with van der Waals surface area (Å²) in [5, 5.41) is 5.72. The van der Waals surface area contributed by atoms with Crippen LogP contribution in [0.25, 0.3) is 70.3 Å². The van der Waals surface area contributed by atoms with Gasteiger partial charge in [0.1, 0.15) is 5.69 Å². The molecule has 190 valence electrons. The second kappa shape index (κ2) is 9.87. The first-order valence-corrected chi connectivity index (χ1v) is 13.6. The Hall–Kier alpha value is -5.14. The molecule has 0 atom stereocenters. The quantitative estimate of drug-likeness (QED) is 0.126. The molecule has 0 bridgehead atoms. The monoisotopic (exact) mass is 534 g/mol. The maximum atomic E-state index is 5.19. The Morgan fingerprint density at radius 3 is 2.40 bits per heavy atom. The summed E-state index contributed by atoms with van der Waals surface area (Å²) < 4.78 is 2.47. The highest BCUT2D eigenvalue weighted by Crippen LogP contribution is 2.39. The van der Waals surface area contributed by atoms with E-state index in [2.05, 4.69) is 71.3 Å². The van der Waals surface area contributed by atoms with Gasteiger partial charge in [0.05, 0.1) is 5.52 Å². The van der Waals surface area contributed by atoms with Crippen LogP contribution in [0, 0.1) is 0 Å². The van der Waals surface area contributed by atoms with E-state index in [0.29, 0.717) is 23.2 Å². The molecule has 40 heavy (non-hydrogen) atoms. The average molecular weight is 535 g/mol. The van der Waals surface area contributed by atoms with Gasteiger partial charge in [0.2, 0.25) is 0 Å². The second-order valence-electron chi connectivity index (χ2n) is 9.39. The molecule has 0 aliphatic carbocycles. The van der Waals surface area contributed by atoms with Gasteiger partial charge in [-0.3, -0.25) is 9.98 Å². The van der Waals surface area contributed by atoms with Crippen LogP contribution in [0.1, 0.15) is 12.7 Å². The largest absolute Gasteiger partial charge is 0.273 e. The molecule has 3 aromatic carbocycles. The highest BCUT2D eigenvalue weighted by atomic mass is 32.1. The number of aromatic nitrogens is 5. The molecule has 0 unspecified atom stereocenters. The number of nitrogens with zero attached hydrogens (tertiary/aromatic N) is 6. The molecule has 0 fully saturated rings. The molecule has 0 radical (unpaired) electrons. The van der Waals surface area contributed by atoms with E-state index in [4.69, 9.17) is 19.9 Å². The number of hydrogen-bond acceptors (Lipinski definition) is 7. The smallest absolute Gasteiger partial charge is 0.183 e. The van der Waals surface area contributed by atoms with Crippen LogP contribution in [-0.2, 0) is 0 Å². The molecule has 0 saturated heterocycles. The van der Waals surface area contributed by atoms with Crippen LogP contribution in [0.15, 0.2) is 109 Å². The SMILES string of the molecule is C=N/C=C\C=C(/C)c1nc(-c2cccnc2)nc(-c2nc3cc4sc5ccccc5c4cc3c3ccccc23)n1. The lowest BCUT2D eigenvalue weighted by molar-refractivity contribution is 1.02. The van der Waals surface area contributed by atoms with Crippen LogP contribution in [-0.4, -0.2) is 31.6 Å². The van der Waals surface area contributed by atoms with Crippen molar-refractivity contribution in [3.8, 4) is 22.9 Å². The summed E-state index contributed by atoms with van der Waals surface area (Å²) in [6, 6.07) is 25.1. The third-order valence-electron chi connectivity index (χ3n) is 6.86. The van der Waals surface area contributed by atoms with E-state index in [1.807, 2.05) is 37.3 Å². The van der Waals surface area contributed by atoms with Crippen molar-refractivity contribution in [3.05, 3.63) is 109 Å². The highest BCUT2D eigenvalue weighted by Gasteiger charge is 2.18. The summed E-state index contributed by atoms with van der Waals surface area (Å²) in [6.07, 6.45) is 8.84. The molecule has 6 nitrogen and oxygen atoms in total. The minimum Gasteiger partial charge on any atom is -0.273 e. The molecular formula is C33H22N6S. The molecule has 0 aliphatic rings. The fourth-order valence-electron chi connectivity index (χ4n) is 4.95. The first-order chi connectivity index (χ1) is 19.7. The Kier molecular flexibility index (Phi) is 5.91. The molecule has 0 N–H and O–H groups in total. The first kappa shape index (κ1) is 23.9. The normalized spacial score (nSPS) is 12.3. The van der Waals surface area contributed by atoms with Gasteiger partial charge in [0.15, 0.2) is 17.5 Å². The van der Waals surface area contributed by atoms with Crippen LogP contribution in [0.2, 0.25) is 0 Å². The number of pyridine rings is 2.